The van der Waals surface area contributed by atoms with Crippen LogP contribution in [0.15, 0.2) is 6.07 Å². The van der Waals surface area contributed by atoms with Crippen molar-refractivity contribution >= 4 is 5.95 Å². The Bertz CT molecular complexity index is 415. The number of halogens is 3. The highest BCUT2D eigenvalue weighted by atomic mass is 19.4. The molecule has 0 amide bonds. The first kappa shape index (κ1) is 13.1. The Morgan fingerprint density at radius 2 is 2.06 bits per heavy atom. The molecule has 1 aromatic heterocycles. The molecular weight excluding hydrogens is 245 g/mol. The molecule has 0 aliphatic heterocycles. The molecule has 0 radical (unpaired) electrons. The van der Waals surface area contributed by atoms with Gasteiger partial charge < -0.3 is 11.1 Å². The molecule has 1 aliphatic carbocycles. The largest absolute Gasteiger partial charge is 0.433 e. The second kappa shape index (κ2) is 5.09. The zero-order chi connectivity index (χ0) is 13.2. The van der Waals surface area contributed by atoms with E-state index in [2.05, 4.69) is 15.3 Å². The minimum atomic E-state index is -4.43. The van der Waals surface area contributed by atoms with Gasteiger partial charge in [0.2, 0.25) is 5.95 Å². The molecule has 0 bridgehead atoms. The highest BCUT2D eigenvalue weighted by molar-refractivity contribution is 5.32. The quantitative estimate of drug-likeness (QED) is 0.796. The zero-order valence-corrected chi connectivity index (χ0v) is 9.80. The normalized spacial score (nSPS) is 15.8. The maximum Gasteiger partial charge on any atom is 0.433 e. The molecule has 0 unspecified atom stereocenters. The number of nitrogens with two attached hydrogens (primary N) is 1. The van der Waals surface area contributed by atoms with Crippen LogP contribution in [0.3, 0.4) is 0 Å². The van der Waals surface area contributed by atoms with Crippen molar-refractivity contribution in [2.45, 2.75) is 31.4 Å². The van der Waals surface area contributed by atoms with E-state index in [9.17, 15) is 13.2 Å². The van der Waals surface area contributed by atoms with Gasteiger partial charge in [0.1, 0.15) is 5.69 Å². The Balaban J connectivity index is 2.19. The van der Waals surface area contributed by atoms with Gasteiger partial charge in [0.05, 0.1) is 0 Å². The summed E-state index contributed by atoms with van der Waals surface area (Å²) in [6.45, 7) is 0.948. The van der Waals surface area contributed by atoms with E-state index in [4.69, 9.17) is 5.73 Å². The van der Waals surface area contributed by atoms with Crippen molar-refractivity contribution in [3.63, 3.8) is 0 Å². The van der Waals surface area contributed by atoms with Crippen LogP contribution in [0, 0.1) is 0 Å². The first-order valence-corrected chi connectivity index (χ1v) is 5.91. The third-order valence-electron chi connectivity index (χ3n) is 2.70. The number of alkyl halides is 3. The summed E-state index contributed by atoms with van der Waals surface area (Å²) >= 11 is 0. The van der Waals surface area contributed by atoms with Crippen molar-refractivity contribution in [1.29, 1.82) is 0 Å². The summed E-state index contributed by atoms with van der Waals surface area (Å²) in [4.78, 5) is 7.62. The molecule has 2 rings (SSSR count). The summed E-state index contributed by atoms with van der Waals surface area (Å²) in [6, 6.07) is 1.05. The fourth-order valence-electron chi connectivity index (χ4n) is 1.58. The molecule has 1 heterocycles. The van der Waals surface area contributed by atoms with Crippen LogP contribution < -0.4 is 11.1 Å². The summed E-state index contributed by atoms with van der Waals surface area (Å²) in [5, 5.41) is 2.78. The number of rotatable bonds is 5. The van der Waals surface area contributed by atoms with Crippen LogP contribution >= 0.6 is 0 Å². The monoisotopic (exact) mass is 260 g/mol. The summed E-state index contributed by atoms with van der Waals surface area (Å²) in [5.41, 5.74) is 4.92. The highest BCUT2D eigenvalue weighted by Gasteiger charge is 2.35. The van der Waals surface area contributed by atoms with Gasteiger partial charge in [0.15, 0.2) is 0 Å². The average Bonchev–Trinajstić information content (AvgIpc) is 3.11. The van der Waals surface area contributed by atoms with Crippen LogP contribution in [-0.2, 0) is 6.18 Å². The first-order valence-electron chi connectivity index (χ1n) is 5.91. The van der Waals surface area contributed by atoms with Gasteiger partial charge in [0.25, 0.3) is 0 Å². The van der Waals surface area contributed by atoms with E-state index in [-0.39, 0.29) is 11.9 Å². The van der Waals surface area contributed by atoms with Crippen molar-refractivity contribution in [3.05, 3.63) is 17.5 Å². The van der Waals surface area contributed by atoms with Gasteiger partial charge >= 0.3 is 6.18 Å². The molecule has 0 atom stereocenters. The topological polar surface area (TPSA) is 63.8 Å². The van der Waals surface area contributed by atoms with Gasteiger partial charge in [-0.1, -0.05) is 0 Å². The lowest BCUT2D eigenvalue weighted by atomic mass is 10.2. The molecule has 1 fully saturated rings. The Morgan fingerprint density at radius 1 is 1.33 bits per heavy atom. The fraction of sp³-hybridized carbons (Fsp3) is 0.636. The Morgan fingerprint density at radius 3 is 2.61 bits per heavy atom. The van der Waals surface area contributed by atoms with Crippen molar-refractivity contribution < 1.29 is 13.2 Å². The molecule has 4 nitrogen and oxygen atoms in total. The van der Waals surface area contributed by atoms with Gasteiger partial charge in [-0.3, -0.25) is 0 Å². The zero-order valence-electron chi connectivity index (χ0n) is 9.80. The molecule has 1 aliphatic rings. The summed E-state index contributed by atoms with van der Waals surface area (Å²) < 4.78 is 38.0. The van der Waals surface area contributed by atoms with E-state index >= 15 is 0 Å². The lowest BCUT2D eigenvalue weighted by Crippen LogP contribution is -2.15. The Labute approximate surface area is 103 Å². The SMILES string of the molecule is NCCCNc1nc(C2CC2)cc(C(F)(F)F)n1. The van der Waals surface area contributed by atoms with E-state index in [0.29, 0.717) is 25.2 Å². The highest BCUT2D eigenvalue weighted by Crippen LogP contribution is 2.40. The molecule has 0 saturated heterocycles. The molecule has 0 aromatic carbocycles. The maximum absolute atomic E-state index is 12.7. The maximum atomic E-state index is 12.7. The second-order valence-electron chi connectivity index (χ2n) is 4.34. The standard InChI is InChI=1S/C11H15F3N4/c12-11(13,14)9-6-8(7-2-3-7)17-10(18-9)16-5-1-4-15/h6-7H,1-5,15H2,(H,16,17,18). The number of nitrogens with one attached hydrogen (secondary N) is 1. The molecule has 1 saturated carbocycles. The van der Waals surface area contributed by atoms with Crippen molar-refractivity contribution in [2.24, 2.45) is 5.73 Å². The van der Waals surface area contributed by atoms with Gasteiger partial charge in [0, 0.05) is 18.2 Å². The van der Waals surface area contributed by atoms with E-state index in [1.54, 1.807) is 0 Å². The fourth-order valence-corrected chi connectivity index (χ4v) is 1.58. The molecule has 1 aromatic rings. The van der Waals surface area contributed by atoms with Gasteiger partial charge in [-0.15, -0.1) is 0 Å². The third kappa shape index (κ3) is 3.32. The van der Waals surface area contributed by atoms with E-state index in [1.807, 2.05) is 0 Å². The average molecular weight is 260 g/mol. The van der Waals surface area contributed by atoms with E-state index < -0.39 is 11.9 Å². The third-order valence-corrected chi connectivity index (χ3v) is 2.70. The lowest BCUT2D eigenvalue weighted by Gasteiger charge is -2.11. The Hall–Kier alpha value is -1.37. The van der Waals surface area contributed by atoms with Crippen LogP contribution in [0.2, 0.25) is 0 Å². The van der Waals surface area contributed by atoms with Gasteiger partial charge in [-0.05, 0) is 31.9 Å². The number of nitrogens with zero attached hydrogens (tertiary/aromatic N) is 2. The number of anilines is 1. The molecule has 100 valence electrons. The van der Waals surface area contributed by atoms with Gasteiger partial charge in [-0.25, -0.2) is 9.97 Å². The summed E-state index contributed by atoms with van der Waals surface area (Å²) in [6.07, 6.45) is -1.97. The first-order chi connectivity index (χ1) is 8.50. The minimum Gasteiger partial charge on any atom is -0.354 e. The molecule has 0 spiro atoms. The summed E-state index contributed by atoms with van der Waals surface area (Å²) in [5.74, 6) is 0.198. The molecular formula is C11H15F3N4. The smallest absolute Gasteiger partial charge is 0.354 e. The van der Waals surface area contributed by atoms with Crippen molar-refractivity contribution in [2.75, 3.05) is 18.4 Å². The van der Waals surface area contributed by atoms with E-state index in [1.165, 1.54) is 0 Å². The van der Waals surface area contributed by atoms with Gasteiger partial charge in [-0.2, -0.15) is 13.2 Å². The Kier molecular flexibility index (Phi) is 3.70. The van der Waals surface area contributed by atoms with Crippen LogP contribution in [-0.4, -0.2) is 23.1 Å². The van der Waals surface area contributed by atoms with Crippen molar-refractivity contribution in [3.8, 4) is 0 Å². The van der Waals surface area contributed by atoms with Crippen LogP contribution in [0.1, 0.15) is 36.6 Å². The van der Waals surface area contributed by atoms with E-state index in [0.717, 1.165) is 18.9 Å². The van der Waals surface area contributed by atoms with Crippen LogP contribution in [0.4, 0.5) is 19.1 Å². The van der Waals surface area contributed by atoms with Crippen LogP contribution in [0.5, 0.6) is 0 Å². The number of hydrogen-bond donors (Lipinski definition) is 2. The molecule has 7 heteroatoms. The number of hydrogen-bond acceptors (Lipinski definition) is 4. The summed E-state index contributed by atoms with van der Waals surface area (Å²) in [7, 11) is 0. The molecule has 18 heavy (non-hydrogen) atoms. The predicted molar refractivity (Wildman–Crippen MR) is 61.2 cm³/mol. The van der Waals surface area contributed by atoms with Crippen LogP contribution in [0.25, 0.3) is 0 Å². The second-order valence-corrected chi connectivity index (χ2v) is 4.34. The lowest BCUT2D eigenvalue weighted by molar-refractivity contribution is -0.141. The molecule has 3 N–H and O–H groups in total. The number of aromatic nitrogens is 2. The van der Waals surface area contributed by atoms with Crippen molar-refractivity contribution in [1.82, 2.24) is 9.97 Å². The minimum absolute atomic E-state index is 0.0418. The predicted octanol–water partition coefficient (Wildman–Crippen LogP) is 2.13.